The maximum atomic E-state index is 11.7. The second-order valence-corrected chi connectivity index (χ2v) is 7.85. The van der Waals surface area contributed by atoms with Gasteiger partial charge in [0.2, 0.25) is 0 Å². The Morgan fingerprint density at radius 3 is 2.82 bits per heavy atom. The van der Waals surface area contributed by atoms with E-state index < -0.39 is 5.60 Å². The van der Waals surface area contributed by atoms with Crippen molar-refractivity contribution in [1.29, 1.82) is 0 Å². The Labute approximate surface area is 132 Å². The normalized spacial score (nSPS) is 43.9. The molecule has 4 atom stereocenters. The highest BCUT2D eigenvalue weighted by Gasteiger charge is 2.60. The molecule has 22 heavy (non-hydrogen) atoms. The van der Waals surface area contributed by atoms with Gasteiger partial charge in [0.1, 0.15) is 5.60 Å². The van der Waals surface area contributed by atoms with Crippen LogP contribution in [0.15, 0.2) is 22.8 Å². The standard InChI is InChI=1S/C20H24O2/c1-3-20(22)11-9-18-17-6-4-13-12-14(21)5-7-15(13)16(17)8-10-19(18,20)2/h1,12,17-18,22H,4-11H2,2H3/t17-,18-,19-,20+/m1/s1. The number of hydrogen-bond acceptors (Lipinski definition) is 2. The van der Waals surface area contributed by atoms with Gasteiger partial charge in [0, 0.05) is 11.8 Å². The Morgan fingerprint density at radius 2 is 2.05 bits per heavy atom. The lowest BCUT2D eigenvalue weighted by molar-refractivity contribution is -0.114. The first kappa shape index (κ1) is 14.3. The molecule has 2 fully saturated rings. The Kier molecular flexibility index (Phi) is 2.97. The van der Waals surface area contributed by atoms with Crippen LogP contribution in [0.1, 0.15) is 58.3 Å². The van der Waals surface area contributed by atoms with Crippen LogP contribution in [0, 0.1) is 29.6 Å². The molecular weight excluding hydrogens is 272 g/mol. The molecule has 4 aliphatic carbocycles. The molecule has 116 valence electrons. The summed E-state index contributed by atoms with van der Waals surface area (Å²) in [4.78, 5) is 11.7. The molecule has 2 nitrogen and oxygen atoms in total. The van der Waals surface area contributed by atoms with E-state index in [4.69, 9.17) is 6.42 Å². The van der Waals surface area contributed by atoms with E-state index in [1.165, 1.54) is 11.1 Å². The third-order valence-corrected chi connectivity index (χ3v) is 7.12. The first-order chi connectivity index (χ1) is 10.5. The summed E-state index contributed by atoms with van der Waals surface area (Å²) in [6, 6.07) is 0. The number of terminal acetylenes is 1. The predicted octanol–water partition coefficient (Wildman–Crippen LogP) is 3.56. The summed E-state index contributed by atoms with van der Waals surface area (Å²) in [5, 5.41) is 10.9. The number of hydrogen-bond donors (Lipinski definition) is 1. The van der Waals surface area contributed by atoms with Gasteiger partial charge in [-0.2, -0.15) is 0 Å². The molecule has 0 bridgehead atoms. The van der Waals surface area contributed by atoms with Crippen LogP contribution in [-0.2, 0) is 4.79 Å². The number of rotatable bonds is 0. The molecule has 0 aromatic heterocycles. The summed E-state index contributed by atoms with van der Waals surface area (Å²) in [6.07, 6.45) is 15.1. The first-order valence-electron chi connectivity index (χ1n) is 8.64. The van der Waals surface area contributed by atoms with E-state index in [9.17, 15) is 9.90 Å². The molecule has 2 heteroatoms. The predicted molar refractivity (Wildman–Crippen MR) is 85.9 cm³/mol. The van der Waals surface area contributed by atoms with Gasteiger partial charge in [0.05, 0.1) is 0 Å². The maximum absolute atomic E-state index is 11.7. The number of fused-ring (bicyclic) bond motifs is 4. The van der Waals surface area contributed by atoms with E-state index in [0.717, 1.165) is 44.9 Å². The van der Waals surface area contributed by atoms with Crippen molar-refractivity contribution in [2.45, 2.75) is 63.9 Å². The van der Waals surface area contributed by atoms with Crippen LogP contribution in [0.3, 0.4) is 0 Å². The molecule has 0 amide bonds. The minimum atomic E-state index is -0.924. The fourth-order valence-electron chi connectivity index (χ4n) is 5.79. The maximum Gasteiger partial charge on any atom is 0.156 e. The van der Waals surface area contributed by atoms with E-state index in [1.54, 1.807) is 5.57 Å². The molecule has 0 unspecified atom stereocenters. The van der Waals surface area contributed by atoms with Crippen molar-refractivity contribution in [3.05, 3.63) is 22.8 Å². The highest BCUT2D eigenvalue weighted by atomic mass is 16.3. The Bertz CT molecular complexity index is 647. The van der Waals surface area contributed by atoms with Gasteiger partial charge in [0.25, 0.3) is 0 Å². The SMILES string of the molecule is C#C[C@]1(O)CC[C@@H]2[C@@H]3CCC4=CC(=O)CCC4=C3CC[C@]21C. The van der Waals surface area contributed by atoms with Crippen molar-refractivity contribution in [2.75, 3.05) is 0 Å². The van der Waals surface area contributed by atoms with Crippen molar-refractivity contribution in [1.82, 2.24) is 0 Å². The van der Waals surface area contributed by atoms with E-state index in [1.807, 2.05) is 6.08 Å². The third-order valence-electron chi connectivity index (χ3n) is 7.12. The number of aliphatic hydroxyl groups is 1. The van der Waals surface area contributed by atoms with Gasteiger partial charge in [-0.1, -0.05) is 18.4 Å². The summed E-state index contributed by atoms with van der Waals surface area (Å²) in [6.45, 7) is 2.21. The molecule has 0 aromatic rings. The van der Waals surface area contributed by atoms with Crippen molar-refractivity contribution in [2.24, 2.45) is 17.3 Å². The first-order valence-corrected chi connectivity index (χ1v) is 8.64. The fourth-order valence-corrected chi connectivity index (χ4v) is 5.79. The van der Waals surface area contributed by atoms with Gasteiger partial charge >= 0.3 is 0 Å². The summed E-state index contributed by atoms with van der Waals surface area (Å²) in [5.74, 6) is 4.09. The lowest BCUT2D eigenvalue weighted by Crippen LogP contribution is -2.48. The lowest BCUT2D eigenvalue weighted by Gasteiger charge is -2.50. The van der Waals surface area contributed by atoms with Crippen LogP contribution in [0.2, 0.25) is 0 Å². The van der Waals surface area contributed by atoms with E-state index in [2.05, 4.69) is 12.8 Å². The number of allylic oxidation sites excluding steroid dienone is 4. The Hall–Kier alpha value is -1.33. The molecule has 1 N–H and O–H groups in total. The minimum absolute atomic E-state index is 0.137. The van der Waals surface area contributed by atoms with Crippen LogP contribution in [0.25, 0.3) is 0 Å². The third kappa shape index (κ3) is 1.69. The molecule has 0 heterocycles. The molecule has 0 aliphatic heterocycles. The van der Waals surface area contributed by atoms with Crippen LogP contribution in [0.5, 0.6) is 0 Å². The summed E-state index contributed by atoms with van der Waals surface area (Å²) in [7, 11) is 0. The number of carbonyl (C=O) groups excluding carboxylic acids is 1. The zero-order valence-electron chi connectivity index (χ0n) is 13.3. The second kappa shape index (κ2) is 4.59. The van der Waals surface area contributed by atoms with Crippen molar-refractivity contribution in [3.63, 3.8) is 0 Å². The highest BCUT2D eigenvalue weighted by Crippen LogP contribution is 2.63. The highest BCUT2D eigenvalue weighted by molar-refractivity contribution is 5.93. The average molecular weight is 296 g/mol. The zero-order valence-corrected chi connectivity index (χ0v) is 13.3. The summed E-state index contributed by atoms with van der Waals surface area (Å²) < 4.78 is 0. The molecule has 0 saturated heterocycles. The van der Waals surface area contributed by atoms with Gasteiger partial charge in [-0.05, 0) is 74.0 Å². The average Bonchev–Trinajstić information content (AvgIpc) is 2.79. The van der Waals surface area contributed by atoms with E-state index in [0.29, 0.717) is 24.0 Å². The molecule has 0 radical (unpaired) electrons. The van der Waals surface area contributed by atoms with Crippen LogP contribution in [-0.4, -0.2) is 16.5 Å². The summed E-state index contributed by atoms with van der Waals surface area (Å²) >= 11 is 0. The van der Waals surface area contributed by atoms with Gasteiger partial charge < -0.3 is 5.11 Å². The molecule has 4 rings (SSSR count). The fraction of sp³-hybridized carbons (Fsp3) is 0.650. The van der Waals surface area contributed by atoms with Crippen molar-refractivity contribution >= 4 is 5.78 Å². The lowest BCUT2D eigenvalue weighted by atomic mass is 9.55. The van der Waals surface area contributed by atoms with Crippen molar-refractivity contribution < 1.29 is 9.90 Å². The molecule has 4 aliphatic rings. The van der Waals surface area contributed by atoms with Gasteiger partial charge in [-0.15, -0.1) is 6.42 Å². The second-order valence-electron chi connectivity index (χ2n) is 7.85. The van der Waals surface area contributed by atoms with Crippen LogP contribution in [0.4, 0.5) is 0 Å². The molecule has 0 aromatic carbocycles. The minimum Gasteiger partial charge on any atom is -0.377 e. The van der Waals surface area contributed by atoms with Gasteiger partial charge in [-0.25, -0.2) is 0 Å². The molecule has 0 spiro atoms. The molecular formula is C20H24O2. The van der Waals surface area contributed by atoms with Crippen LogP contribution < -0.4 is 0 Å². The van der Waals surface area contributed by atoms with E-state index >= 15 is 0 Å². The van der Waals surface area contributed by atoms with Gasteiger partial charge in [-0.3, -0.25) is 4.79 Å². The number of ketones is 1. The zero-order chi connectivity index (χ0) is 15.5. The van der Waals surface area contributed by atoms with Crippen LogP contribution >= 0.6 is 0 Å². The smallest absolute Gasteiger partial charge is 0.156 e. The quantitative estimate of drug-likeness (QED) is 0.694. The summed E-state index contributed by atoms with van der Waals surface area (Å²) in [5.41, 5.74) is 3.31. The Balaban J connectivity index is 1.75. The largest absolute Gasteiger partial charge is 0.377 e. The number of carbonyl (C=O) groups is 1. The van der Waals surface area contributed by atoms with Crippen molar-refractivity contribution in [3.8, 4) is 12.3 Å². The topological polar surface area (TPSA) is 37.3 Å². The Morgan fingerprint density at radius 1 is 1.23 bits per heavy atom. The van der Waals surface area contributed by atoms with E-state index in [-0.39, 0.29) is 5.41 Å². The van der Waals surface area contributed by atoms with Gasteiger partial charge in [0.15, 0.2) is 5.78 Å². The monoisotopic (exact) mass is 296 g/mol. The molecule has 2 saturated carbocycles.